The van der Waals surface area contributed by atoms with Crippen molar-refractivity contribution < 1.29 is 23.8 Å². The average molecular weight is 404 g/mol. The molecule has 1 aliphatic heterocycles. The summed E-state index contributed by atoms with van der Waals surface area (Å²) in [6, 6.07) is 15.8. The van der Waals surface area contributed by atoms with Gasteiger partial charge in [-0.05, 0) is 60.7 Å². The van der Waals surface area contributed by atoms with Gasteiger partial charge in [0.2, 0.25) is 0 Å². The molecule has 1 N–H and O–H groups in total. The smallest absolute Gasteiger partial charge is 0.300 e. The van der Waals surface area contributed by atoms with Crippen LogP contribution in [0.5, 0.6) is 5.75 Å². The lowest BCUT2D eigenvalue weighted by Crippen LogP contribution is -2.29. The van der Waals surface area contributed by atoms with Gasteiger partial charge in [0.05, 0.1) is 18.4 Å². The van der Waals surface area contributed by atoms with Gasteiger partial charge in [-0.1, -0.05) is 6.07 Å². The zero-order chi connectivity index (χ0) is 21.3. The summed E-state index contributed by atoms with van der Waals surface area (Å²) in [4.78, 5) is 31.4. The van der Waals surface area contributed by atoms with Crippen molar-refractivity contribution in [3.05, 3.63) is 95.6 Å². The minimum Gasteiger partial charge on any atom is -0.507 e. The van der Waals surface area contributed by atoms with Crippen molar-refractivity contribution in [2.75, 3.05) is 12.0 Å². The van der Waals surface area contributed by atoms with Crippen molar-refractivity contribution in [1.29, 1.82) is 0 Å². The third-order valence-corrected chi connectivity index (χ3v) is 4.88. The van der Waals surface area contributed by atoms with Gasteiger partial charge in [0.1, 0.15) is 23.4 Å². The first kappa shape index (κ1) is 19.3. The maximum atomic E-state index is 13.4. The second kappa shape index (κ2) is 7.79. The van der Waals surface area contributed by atoms with E-state index in [-0.39, 0.29) is 11.3 Å². The number of aliphatic hydroxyl groups excluding tert-OH is 1. The lowest BCUT2D eigenvalue weighted by molar-refractivity contribution is -0.132. The molecule has 1 amide bonds. The molecule has 0 radical (unpaired) electrons. The zero-order valence-electron chi connectivity index (χ0n) is 15.9. The summed E-state index contributed by atoms with van der Waals surface area (Å²) in [5, 5.41) is 11.0. The topological polar surface area (TPSA) is 79.7 Å². The lowest BCUT2D eigenvalue weighted by Gasteiger charge is -2.24. The molecule has 1 aromatic heterocycles. The van der Waals surface area contributed by atoms with E-state index in [1.165, 1.54) is 42.5 Å². The number of carbonyl (C=O) groups is 2. The van der Waals surface area contributed by atoms with Gasteiger partial charge in [0.25, 0.3) is 11.7 Å². The van der Waals surface area contributed by atoms with Crippen LogP contribution in [0.15, 0.2) is 78.5 Å². The second-order valence-corrected chi connectivity index (χ2v) is 6.63. The molecule has 1 aliphatic rings. The summed E-state index contributed by atoms with van der Waals surface area (Å²) >= 11 is 0. The molecular weight excluding hydrogens is 387 g/mol. The van der Waals surface area contributed by atoms with Gasteiger partial charge in [-0.3, -0.25) is 19.5 Å². The van der Waals surface area contributed by atoms with Crippen LogP contribution in [0, 0.1) is 5.82 Å². The van der Waals surface area contributed by atoms with Crippen LogP contribution in [-0.2, 0) is 9.59 Å². The lowest BCUT2D eigenvalue weighted by atomic mass is 9.98. The number of amides is 1. The van der Waals surface area contributed by atoms with Crippen molar-refractivity contribution in [2.45, 2.75) is 6.04 Å². The van der Waals surface area contributed by atoms with Crippen LogP contribution >= 0.6 is 0 Å². The quantitative estimate of drug-likeness (QED) is 0.406. The van der Waals surface area contributed by atoms with Gasteiger partial charge >= 0.3 is 0 Å². The molecule has 0 bridgehead atoms. The number of methoxy groups -OCH3 is 1. The standard InChI is InChI=1S/C23H17FN2O4/c1-30-17-11-5-14(6-12-17)21(27)19-20(18-4-2-3-13-25-18)26(23(29)22(19)28)16-9-7-15(24)8-10-16/h2-13,20,27H,1H3/b21-19-. The number of nitrogens with zero attached hydrogens (tertiary/aromatic N) is 2. The number of Topliss-reactive ketones (excluding diaryl/α,β-unsaturated/α-hetero) is 1. The maximum Gasteiger partial charge on any atom is 0.300 e. The number of ether oxygens (including phenoxy) is 1. The van der Waals surface area contributed by atoms with E-state index in [9.17, 15) is 19.1 Å². The number of rotatable bonds is 4. The normalized spacial score (nSPS) is 17.9. The number of carbonyl (C=O) groups excluding carboxylic acids is 2. The molecule has 2 aromatic carbocycles. The van der Waals surface area contributed by atoms with Gasteiger partial charge in [-0.2, -0.15) is 0 Å². The van der Waals surface area contributed by atoms with Gasteiger partial charge in [0, 0.05) is 17.4 Å². The van der Waals surface area contributed by atoms with Crippen LogP contribution in [0.1, 0.15) is 17.3 Å². The summed E-state index contributed by atoms with van der Waals surface area (Å²) in [5.74, 6) is -1.88. The van der Waals surface area contributed by atoms with Crippen LogP contribution < -0.4 is 9.64 Å². The highest BCUT2D eigenvalue weighted by molar-refractivity contribution is 6.51. The number of anilines is 1. The highest BCUT2D eigenvalue weighted by Gasteiger charge is 2.47. The molecule has 30 heavy (non-hydrogen) atoms. The second-order valence-electron chi connectivity index (χ2n) is 6.63. The van der Waals surface area contributed by atoms with Crippen LogP contribution in [0.3, 0.4) is 0 Å². The first-order valence-electron chi connectivity index (χ1n) is 9.13. The van der Waals surface area contributed by atoms with Crippen molar-refractivity contribution in [1.82, 2.24) is 4.98 Å². The first-order valence-corrected chi connectivity index (χ1v) is 9.13. The monoisotopic (exact) mass is 404 g/mol. The van der Waals surface area contributed by atoms with Gasteiger partial charge in [-0.15, -0.1) is 0 Å². The number of aliphatic hydroxyl groups is 1. The molecule has 1 unspecified atom stereocenters. The molecule has 0 spiro atoms. The molecule has 1 atom stereocenters. The number of pyridine rings is 1. The highest BCUT2D eigenvalue weighted by Crippen LogP contribution is 2.41. The fraction of sp³-hybridized carbons (Fsp3) is 0.0870. The minimum atomic E-state index is -0.959. The average Bonchev–Trinajstić information content (AvgIpc) is 3.05. The third-order valence-electron chi connectivity index (χ3n) is 4.88. The Bertz CT molecular complexity index is 1130. The number of aromatic nitrogens is 1. The van der Waals surface area contributed by atoms with Gasteiger partial charge < -0.3 is 9.84 Å². The van der Waals surface area contributed by atoms with Crippen LogP contribution in [-0.4, -0.2) is 28.9 Å². The molecule has 1 saturated heterocycles. The van der Waals surface area contributed by atoms with Crippen molar-refractivity contribution >= 4 is 23.1 Å². The first-order chi connectivity index (χ1) is 14.5. The largest absolute Gasteiger partial charge is 0.507 e. The molecule has 0 saturated carbocycles. The molecular formula is C23H17FN2O4. The van der Waals surface area contributed by atoms with E-state index in [0.717, 1.165) is 0 Å². The molecule has 150 valence electrons. The molecule has 0 aliphatic carbocycles. The Kier molecular flexibility index (Phi) is 5.02. The fourth-order valence-electron chi connectivity index (χ4n) is 3.42. The van der Waals surface area contributed by atoms with Gasteiger partial charge in [-0.25, -0.2) is 4.39 Å². The Morgan fingerprint density at radius 1 is 1.03 bits per heavy atom. The number of halogens is 1. The summed E-state index contributed by atoms with van der Waals surface area (Å²) in [5.41, 5.74) is 0.987. The summed E-state index contributed by atoms with van der Waals surface area (Å²) in [6.45, 7) is 0. The van der Waals surface area contributed by atoms with Crippen LogP contribution in [0.25, 0.3) is 5.76 Å². The predicted molar refractivity (Wildman–Crippen MR) is 108 cm³/mol. The maximum absolute atomic E-state index is 13.4. The van der Waals surface area contributed by atoms with E-state index in [1.54, 1.807) is 42.5 Å². The van der Waals surface area contributed by atoms with Crippen molar-refractivity contribution in [3.63, 3.8) is 0 Å². The van der Waals surface area contributed by atoms with E-state index >= 15 is 0 Å². The van der Waals surface area contributed by atoms with Gasteiger partial charge in [0.15, 0.2) is 0 Å². The Balaban J connectivity index is 1.90. The number of ketones is 1. The highest BCUT2D eigenvalue weighted by atomic mass is 19.1. The number of hydrogen-bond acceptors (Lipinski definition) is 5. The Hall–Kier alpha value is -4.00. The number of hydrogen-bond donors (Lipinski definition) is 1. The number of benzene rings is 2. The van der Waals surface area contributed by atoms with Crippen molar-refractivity contribution in [3.8, 4) is 5.75 Å². The zero-order valence-corrected chi connectivity index (χ0v) is 15.9. The van der Waals surface area contributed by atoms with E-state index in [0.29, 0.717) is 22.7 Å². The Labute approximate surface area is 171 Å². The van der Waals surface area contributed by atoms with E-state index in [2.05, 4.69) is 4.98 Å². The molecule has 6 nitrogen and oxygen atoms in total. The van der Waals surface area contributed by atoms with E-state index in [4.69, 9.17) is 4.74 Å². The SMILES string of the molecule is COc1ccc(/C(O)=C2/C(=O)C(=O)N(c3ccc(F)cc3)C2c2ccccn2)cc1. The molecule has 3 aromatic rings. The fourth-order valence-corrected chi connectivity index (χ4v) is 3.42. The Morgan fingerprint density at radius 2 is 1.73 bits per heavy atom. The molecule has 2 heterocycles. The minimum absolute atomic E-state index is 0.0896. The molecule has 4 rings (SSSR count). The molecule has 7 heteroatoms. The Morgan fingerprint density at radius 3 is 2.33 bits per heavy atom. The van der Waals surface area contributed by atoms with Crippen LogP contribution in [0.4, 0.5) is 10.1 Å². The summed E-state index contributed by atoms with van der Waals surface area (Å²) in [7, 11) is 1.52. The summed E-state index contributed by atoms with van der Waals surface area (Å²) < 4.78 is 18.5. The third kappa shape index (κ3) is 3.30. The van der Waals surface area contributed by atoms with E-state index < -0.39 is 23.5 Å². The predicted octanol–water partition coefficient (Wildman–Crippen LogP) is 3.86. The van der Waals surface area contributed by atoms with Crippen LogP contribution in [0.2, 0.25) is 0 Å². The van der Waals surface area contributed by atoms with E-state index in [1.807, 2.05) is 0 Å². The summed E-state index contributed by atoms with van der Waals surface area (Å²) in [6.07, 6.45) is 1.54. The van der Waals surface area contributed by atoms with Crippen molar-refractivity contribution in [2.24, 2.45) is 0 Å². The molecule has 1 fully saturated rings.